The summed E-state index contributed by atoms with van der Waals surface area (Å²) < 4.78 is 8.06. The molecule has 1 aromatic heterocycles. The van der Waals surface area contributed by atoms with Gasteiger partial charge >= 0.3 is 0 Å². The first-order valence-corrected chi connectivity index (χ1v) is 9.90. The van der Waals surface area contributed by atoms with Crippen LogP contribution in [0.15, 0.2) is 61.9 Å². The maximum atomic E-state index is 12.6. The van der Waals surface area contributed by atoms with E-state index in [2.05, 4.69) is 59.8 Å². The third-order valence-corrected chi connectivity index (χ3v) is 6.45. The Morgan fingerprint density at radius 2 is 1.96 bits per heavy atom. The van der Waals surface area contributed by atoms with E-state index in [0.29, 0.717) is 22.8 Å². The Kier molecular flexibility index (Phi) is 5.98. The molecule has 0 atom stereocenters. The summed E-state index contributed by atoms with van der Waals surface area (Å²) in [5.74, 6) is 0.942. The molecule has 0 unspecified atom stereocenters. The van der Waals surface area contributed by atoms with Gasteiger partial charge in [-0.3, -0.25) is 4.79 Å². The molecule has 7 heteroatoms. The molecule has 0 saturated carbocycles. The first-order valence-electron chi connectivity index (χ1n) is 7.24. The molecule has 2 N–H and O–H groups in total. The van der Waals surface area contributed by atoms with Crippen LogP contribution in [0.2, 0.25) is 0 Å². The molecule has 3 rings (SSSR count). The Bertz CT molecular complexity index is 940. The lowest BCUT2D eigenvalue weighted by atomic mass is 10.1. The molecule has 0 aliphatic heterocycles. The van der Waals surface area contributed by atoms with E-state index in [4.69, 9.17) is 9.52 Å². The second-order valence-corrected chi connectivity index (χ2v) is 8.06. The van der Waals surface area contributed by atoms with E-state index in [1.807, 2.05) is 30.3 Å². The number of amides is 1. The van der Waals surface area contributed by atoms with Crippen LogP contribution in [0.1, 0.15) is 16.1 Å². The third kappa shape index (κ3) is 4.33. The van der Waals surface area contributed by atoms with Crippen molar-refractivity contribution in [2.45, 2.75) is 6.61 Å². The molecular weight excluding hydrogens is 565 g/mol. The van der Waals surface area contributed by atoms with Crippen LogP contribution in [-0.2, 0) is 6.61 Å². The highest BCUT2D eigenvalue weighted by Gasteiger charge is 2.14. The van der Waals surface area contributed by atoms with E-state index in [-0.39, 0.29) is 12.5 Å². The number of rotatable bonds is 4. The van der Waals surface area contributed by atoms with Crippen LogP contribution in [0.3, 0.4) is 0 Å². The van der Waals surface area contributed by atoms with Crippen molar-refractivity contribution >= 4 is 66.0 Å². The van der Waals surface area contributed by atoms with Gasteiger partial charge < -0.3 is 14.8 Å². The largest absolute Gasteiger partial charge is 0.459 e. The summed E-state index contributed by atoms with van der Waals surface area (Å²) in [6.07, 6.45) is 0. The van der Waals surface area contributed by atoms with Crippen molar-refractivity contribution in [3.8, 4) is 11.3 Å². The quantitative estimate of drug-likeness (QED) is 0.304. The van der Waals surface area contributed by atoms with Gasteiger partial charge in [-0.15, -0.1) is 0 Å². The lowest BCUT2D eigenvalue weighted by Gasteiger charge is -2.10. The number of hydrogen-bond acceptors (Lipinski definition) is 3. The summed E-state index contributed by atoms with van der Waals surface area (Å²) in [5.41, 5.74) is 2.06. The van der Waals surface area contributed by atoms with Crippen molar-refractivity contribution in [3.05, 3.63) is 72.4 Å². The number of aliphatic hydroxyl groups is 1. The first kappa shape index (κ1) is 18.6. The summed E-state index contributed by atoms with van der Waals surface area (Å²) in [4.78, 5) is 12.6. The van der Waals surface area contributed by atoms with Gasteiger partial charge in [0.1, 0.15) is 18.1 Å². The van der Waals surface area contributed by atoms with Gasteiger partial charge in [0.25, 0.3) is 5.91 Å². The van der Waals surface area contributed by atoms with Crippen molar-refractivity contribution < 1.29 is 14.3 Å². The zero-order valence-electron chi connectivity index (χ0n) is 12.7. The number of halogens is 3. The van der Waals surface area contributed by atoms with Crippen LogP contribution in [0.5, 0.6) is 0 Å². The molecule has 128 valence electrons. The predicted octanol–water partition coefficient (Wildman–Crippen LogP) is 5.82. The number of carbonyl (C=O) groups is 1. The molecule has 1 amide bonds. The third-order valence-electron chi connectivity index (χ3n) is 3.46. The first-order chi connectivity index (χ1) is 12.0. The highest BCUT2D eigenvalue weighted by molar-refractivity contribution is 14.1. The minimum Gasteiger partial charge on any atom is -0.459 e. The zero-order valence-corrected chi connectivity index (χ0v) is 18.1. The van der Waals surface area contributed by atoms with Gasteiger partial charge in [-0.05, 0) is 74.9 Å². The molecule has 0 bridgehead atoms. The Morgan fingerprint density at radius 3 is 2.68 bits per heavy atom. The number of furan rings is 1. The lowest BCUT2D eigenvalue weighted by Crippen LogP contribution is -2.13. The van der Waals surface area contributed by atoms with Gasteiger partial charge in [0.15, 0.2) is 0 Å². The van der Waals surface area contributed by atoms with Crippen molar-refractivity contribution in [2.24, 2.45) is 0 Å². The van der Waals surface area contributed by atoms with Crippen LogP contribution in [0.4, 0.5) is 5.69 Å². The van der Waals surface area contributed by atoms with E-state index < -0.39 is 0 Å². The maximum absolute atomic E-state index is 12.6. The van der Waals surface area contributed by atoms with Gasteiger partial charge in [0, 0.05) is 23.8 Å². The lowest BCUT2D eigenvalue weighted by molar-refractivity contribution is 0.102. The van der Waals surface area contributed by atoms with E-state index in [0.717, 1.165) is 18.1 Å². The zero-order chi connectivity index (χ0) is 18.0. The van der Waals surface area contributed by atoms with Crippen LogP contribution < -0.4 is 5.32 Å². The maximum Gasteiger partial charge on any atom is 0.256 e. The Hall–Kier alpha value is -1.16. The topological polar surface area (TPSA) is 62.5 Å². The Balaban J connectivity index is 1.86. The standard InChI is InChI=1S/C18H12Br2INO3/c19-11-7-14(17(21)15(20)8-11)18(24)22-12-3-1-2-10(6-12)16-5-4-13(9-23)25-16/h1-8,23H,9H2,(H,22,24). The number of nitrogens with one attached hydrogen (secondary N) is 1. The second-order valence-electron chi connectivity index (χ2n) is 5.21. The smallest absolute Gasteiger partial charge is 0.256 e. The molecule has 1 heterocycles. The number of benzene rings is 2. The van der Waals surface area contributed by atoms with E-state index in [1.54, 1.807) is 18.2 Å². The summed E-state index contributed by atoms with van der Waals surface area (Å²) in [5, 5.41) is 12.0. The highest BCUT2D eigenvalue weighted by atomic mass is 127. The molecule has 4 nitrogen and oxygen atoms in total. The number of hydrogen-bond donors (Lipinski definition) is 2. The van der Waals surface area contributed by atoms with Gasteiger partial charge in [0.05, 0.1) is 5.56 Å². The predicted molar refractivity (Wildman–Crippen MR) is 113 cm³/mol. The fourth-order valence-electron chi connectivity index (χ4n) is 2.29. The Labute approximate surface area is 175 Å². The molecule has 2 aromatic carbocycles. The minimum atomic E-state index is -0.195. The summed E-state index contributed by atoms with van der Waals surface area (Å²) in [7, 11) is 0. The summed E-state index contributed by atoms with van der Waals surface area (Å²) in [6.45, 7) is -0.146. The SMILES string of the molecule is O=C(Nc1cccc(-c2ccc(CO)o2)c1)c1cc(Br)cc(Br)c1I. The van der Waals surface area contributed by atoms with Crippen LogP contribution in [0.25, 0.3) is 11.3 Å². The fourth-order valence-corrected chi connectivity index (χ4v) is 4.07. The molecule has 0 radical (unpaired) electrons. The number of anilines is 1. The van der Waals surface area contributed by atoms with Crippen molar-refractivity contribution in [1.82, 2.24) is 0 Å². The number of aliphatic hydroxyl groups excluding tert-OH is 1. The monoisotopic (exact) mass is 575 g/mol. The average Bonchev–Trinajstić information content (AvgIpc) is 3.07. The van der Waals surface area contributed by atoms with E-state index >= 15 is 0 Å². The molecule has 25 heavy (non-hydrogen) atoms. The van der Waals surface area contributed by atoms with Gasteiger partial charge in [-0.1, -0.05) is 28.1 Å². The highest BCUT2D eigenvalue weighted by Crippen LogP contribution is 2.29. The molecule has 3 aromatic rings. The summed E-state index contributed by atoms with van der Waals surface area (Å²) in [6, 6.07) is 14.6. The molecular formula is C18H12Br2INO3. The van der Waals surface area contributed by atoms with Crippen molar-refractivity contribution in [2.75, 3.05) is 5.32 Å². The van der Waals surface area contributed by atoms with Gasteiger partial charge in [-0.2, -0.15) is 0 Å². The van der Waals surface area contributed by atoms with Crippen molar-refractivity contribution in [3.63, 3.8) is 0 Å². The summed E-state index contributed by atoms with van der Waals surface area (Å²) >= 11 is 8.99. The van der Waals surface area contributed by atoms with Crippen molar-refractivity contribution in [1.29, 1.82) is 0 Å². The van der Waals surface area contributed by atoms with Gasteiger partial charge in [0.2, 0.25) is 0 Å². The molecule has 0 fully saturated rings. The molecule has 0 aliphatic carbocycles. The molecule has 0 aliphatic rings. The van der Waals surface area contributed by atoms with Crippen LogP contribution in [-0.4, -0.2) is 11.0 Å². The van der Waals surface area contributed by atoms with E-state index in [9.17, 15) is 4.79 Å². The normalized spacial score (nSPS) is 10.7. The van der Waals surface area contributed by atoms with E-state index in [1.165, 1.54) is 0 Å². The van der Waals surface area contributed by atoms with Crippen LogP contribution >= 0.6 is 54.5 Å². The van der Waals surface area contributed by atoms with Crippen LogP contribution in [0, 0.1) is 3.57 Å². The van der Waals surface area contributed by atoms with Gasteiger partial charge in [-0.25, -0.2) is 0 Å². The number of carbonyl (C=O) groups excluding carboxylic acids is 1. The molecule has 0 spiro atoms. The minimum absolute atomic E-state index is 0.146. The molecule has 0 saturated heterocycles. The second kappa shape index (κ2) is 8.03. The Morgan fingerprint density at radius 1 is 1.16 bits per heavy atom. The average molecular weight is 577 g/mol. The fraction of sp³-hybridized carbons (Fsp3) is 0.0556.